The number of para-hydroxylation sites is 1. The number of allylic oxidation sites excluding steroid dienone is 2. The molecule has 0 fully saturated rings. The van der Waals surface area contributed by atoms with E-state index in [4.69, 9.17) is 0 Å². The van der Waals surface area contributed by atoms with Crippen molar-refractivity contribution in [2.45, 2.75) is 13.0 Å². The zero-order chi connectivity index (χ0) is 8.67. The van der Waals surface area contributed by atoms with Crippen molar-refractivity contribution in [2.24, 2.45) is 0 Å². The van der Waals surface area contributed by atoms with E-state index in [1.165, 1.54) is 16.6 Å². The van der Waals surface area contributed by atoms with Gasteiger partial charge in [-0.1, -0.05) is 30.4 Å². The number of aromatic nitrogens is 1. The molecule has 1 aliphatic rings. The van der Waals surface area contributed by atoms with Crippen molar-refractivity contribution in [2.75, 3.05) is 0 Å². The van der Waals surface area contributed by atoms with Crippen LogP contribution >= 0.6 is 0 Å². The van der Waals surface area contributed by atoms with Gasteiger partial charge in [0.15, 0.2) is 0 Å². The Morgan fingerprint density at radius 1 is 1.08 bits per heavy atom. The highest BCUT2D eigenvalue weighted by Gasteiger charge is 2.07. The Balaban J connectivity index is 2.37. The maximum Gasteiger partial charge on any atom is 0.0485 e. The molecule has 13 heavy (non-hydrogen) atoms. The maximum atomic E-state index is 2.38. The Kier molecular flexibility index (Phi) is 1.33. The van der Waals surface area contributed by atoms with Gasteiger partial charge in [0.1, 0.15) is 0 Å². The summed E-state index contributed by atoms with van der Waals surface area (Å²) in [5.74, 6) is 0. The van der Waals surface area contributed by atoms with Gasteiger partial charge in [-0.3, -0.25) is 0 Å². The Labute approximate surface area is 77.3 Å². The van der Waals surface area contributed by atoms with Crippen LogP contribution in [0.25, 0.3) is 10.9 Å². The fourth-order valence-electron chi connectivity index (χ4n) is 2.04. The van der Waals surface area contributed by atoms with E-state index in [2.05, 4.69) is 47.1 Å². The lowest BCUT2D eigenvalue weighted by Crippen LogP contribution is -2.03. The van der Waals surface area contributed by atoms with E-state index in [0.29, 0.717) is 0 Å². The molecule has 0 saturated carbocycles. The van der Waals surface area contributed by atoms with Crippen molar-refractivity contribution >= 4 is 10.9 Å². The molecule has 2 heterocycles. The molecule has 1 aromatic carbocycles. The van der Waals surface area contributed by atoms with E-state index in [9.17, 15) is 0 Å². The zero-order valence-corrected chi connectivity index (χ0v) is 7.40. The van der Waals surface area contributed by atoms with Crippen molar-refractivity contribution in [3.8, 4) is 0 Å². The second-order valence-electron chi connectivity index (χ2n) is 3.48. The Hall–Kier alpha value is -1.50. The van der Waals surface area contributed by atoms with Gasteiger partial charge in [-0.25, -0.2) is 0 Å². The third-order valence-electron chi connectivity index (χ3n) is 2.68. The monoisotopic (exact) mass is 169 g/mol. The minimum absolute atomic E-state index is 1.03. The molecular formula is C12H11N. The summed E-state index contributed by atoms with van der Waals surface area (Å²) in [7, 11) is 0. The highest BCUT2D eigenvalue weighted by atomic mass is 15.0. The summed E-state index contributed by atoms with van der Waals surface area (Å²) in [4.78, 5) is 0. The first-order valence-corrected chi connectivity index (χ1v) is 4.67. The van der Waals surface area contributed by atoms with Crippen LogP contribution in [0.4, 0.5) is 0 Å². The van der Waals surface area contributed by atoms with E-state index in [1.807, 2.05) is 0 Å². The van der Waals surface area contributed by atoms with Crippen molar-refractivity contribution in [1.82, 2.24) is 4.57 Å². The molecular weight excluding hydrogens is 158 g/mol. The first-order valence-electron chi connectivity index (χ1n) is 4.67. The summed E-state index contributed by atoms with van der Waals surface area (Å²) in [6.45, 7) is 1.03. The first-order chi connectivity index (χ1) is 6.45. The van der Waals surface area contributed by atoms with Gasteiger partial charge >= 0.3 is 0 Å². The molecule has 0 unspecified atom stereocenters. The quantitative estimate of drug-likeness (QED) is 0.534. The zero-order valence-electron chi connectivity index (χ0n) is 7.40. The number of rotatable bonds is 0. The molecule has 64 valence electrons. The molecule has 1 heteroatoms. The fourth-order valence-corrected chi connectivity index (χ4v) is 2.04. The molecule has 0 N–H and O–H groups in total. The Morgan fingerprint density at radius 3 is 3.00 bits per heavy atom. The summed E-state index contributed by atoms with van der Waals surface area (Å²) in [6.07, 6.45) is 5.56. The van der Waals surface area contributed by atoms with Crippen LogP contribution in [0.1, 0.15) is 5.69 Å². The van der Waals surface area contributed by atoms with E-state index in [-0.39, 0.29) is 0 Å². The molecule has 0 saturated heterocycles. The summed E-state index contributed by atoms with van der Waals surface area (Å²) in [5, 5.41) is 1.36. The standard InChI is InChI=1S/C12H11N/c1-2-7-12-10(5-1)9-11-6-3-4-8-13(11)12/h1-5,7,9H,6,8H2. The van der Waals surface area contributed by atoms with E-state index in [0.717, 1.165) is 13.0 Å². The van der Waals surface area contributed by atoms with Gasteiger partial charge < -0.3 is 4.57 Å². The van der Waals surface area contributed by atoms with Gasteiger partial charge in [-0.15, -0.1) is 0 Å². The minimum atomic E-state index is 1.03. The number of benzene rings is 1. The average Bonchev–Trinajstić information content (AvgIpc) is 2.56. The summed E-state index contributed by atoms with van der Waals surface area (Å²) >= 11 is 0. The third kappa shape index (κ3) is 0.934. The van der Waals surface area contributed by atoms with Gasteiger partial charge in [0.2, 0.25) is 0 Å². The number of nitrogens with zero attached hydrogens (tertiary/aromatic N) is 1. The van der Waals surface area contributed by atoms with Crippen LogP contribution in [0.2, 0.25) is 0 Å². The third-order valence-corrected chi connectivity index (χ3v) is 2.68. The van der Waals surface area contributed by atoms with Gasteiger partial charge in [0.05, 0.1) is 0 Å². The molecule has 0 spiro atoms. The number of hydrogen-bond acceptors (Lipinski definition) is 0. The Morgan fingerprint density at radius 2 is 2.00 bits per heavy atom. The second kappa shape index (κ2) is 2.49. The van der Waals surface area contributed by atoms with Gasteiger partial charge in [-0.2, -0.15) is 0 Å². The number of fused-ring (bicyclic) bond motifs is 3. The van der Waals surface area contributed by atoms with Crippen LogP contribution in [0.3, 0.4) is 0 Å². The first kappa shape index (κ1) is 6.96. The second-order valence-corrected chi connectivity index (χ2v) is 3.48. The normalized spacial score (nSPS) is 14.8. The van der Waals surface area contributed by atoms with Gasteiger partial charge in [-0.05, 0) is 17.5 Å². The van der Waals surface area contributed by atoms with Crippen LogP contribution in [0.15, 0.2) is 42.5 Å². The summed E-state index contributed by atoms with van der Waals surface area (Å²) in [6, 6.07) is 10.9. The maximum absolute atomic E-state index is 2.38. The molecule has 0 amide bonds. The van der Waals surface area contributed by atoms with Crippen molar-refractivity contribution in [3.63, 3.8) is 0 Å². The predicted octanol–water partition coefficient (Wildman–Crippen LogP) is 2.75. The smallest absolute Gasteiger partial charge is 0.0485 e. The molecule has 1 aliphatic heterocycles. The lowest BCUT2D eigenvalue weighted by Gasteiger charge is -2.10. The van der Waals surface area contributed by atoms with Crippen LogP contribution in [-0.4, -0.2) is 4.57 Å². The predicted molar refractivity (Wildman–Crippen MR) is 54.8 cm³/mol. The van der Waals surface area contributed by atoms with Crippen LogP contribution < -0.4 is 0 Å². The van der Waals surface area contributed by atoms with E-state index < -0.39 is 0 Å². The van der Waals surface area contributed by atoms with Crippen molar-refractivity contribution in [3.05, 3.63) is 48.2 Å². The average molecular weight is 169 g/mol. The fraction of sp³-hybridized carbons (Fsp3) is 0.167. The lowest BCUT2D eigenvalue weighted by molar-refractivity contribution is 0.782. The highest BCUT2D eigenvalue weighted by molar-refractivity contribution is 5.81. The summed E-state index contributed by atoms with van der Waals surface area (Å²) < 4.78 is 2.38. The molecule has 0 atom stereocenters. The largest absolute Gasteiger partial charge is 0.340 e. The van der Waals surface area contributed by atoms with Crippen molar-refractivity contribution < 1.29 is 0 Å². The van der Waals surface area contributed by atoms with Gasteiger partial charge in [0, 0.05) is 24.2 Å². The molecule has 0 bridgehead atoms. The number of hydrogen-bond donors (Lipinski definition) is 0. The van der Waals surface area contributed by atoms with E-state index >= 15 is 0 Å². The molecule has 1 nitrogen and oxygen atoms in total. The lowest BCUT2D eigenvalue weighted by atomic mass is 10.2. The molecule has 0 radical (unpaired) electrons. The topological polar surface area (TPSA) is 4.93 Å². The molecule has 2 aromatic rings. The SMILES string of the molecule is C1=CCn2c(cc3ccccc32)C1. The molecule has 0 aliphatic carbocycles. The van der Waals surface area contributed by atoms with Gasteiger partial charge in [0.25, 0.3) is 0 Å². The highest BCUT2D eigenvalue weighted by Crippen LogP contribution is 2.22. The summed E-state index contributed by atoms with van der Waals surface area (Å²) in [5.41, 5.74) is 2.80. The molecule has 1 aromatic heterocycles. The Bertz CT molecular complexity index is 477. The minimum Gasteiger partial charge on any atom is -0.340 e. The van der Waals surface area contributed by atoms with Crippen LogP contribution in [-0.2, 0) is 13.0 Å². The van der Waals surface area contributed by atoms with E-state index in [1.54, 1.807) is 0 Å². The van der Waals surface area contributed by atoms with Crippen LogP contribution in [0.5, 0.6) is 0 Å². The van der Waals surface area contributed by atoms with Crippen molar-refractivity contribution in [1.29, 1.82) is 0 Å². The molecule has 3 rings (SSSR count). The van der Waals surface area contributed by atoms with Crippen LogP contribution in [0, 0.1) is 0 Å².